The van der Waals surface area contributed by atoms with Crippen molar-refractivity contribution in [3.63, 3.8) is 0 Å². The first kappa shape index (κ1) is 17.6. The molecule has 3 amide bonds. The van der Waals surface area contributed by atoms with E-state index in [2.05, 4.69) is 16.2 Å². The second-order valence-electron chi connectivity index (χ2n) is 6.35. The monoisotopic (exact) mass is 379 g/mol. The van der Waals surface area contributed by atoms with Crippen LogP contribution in [0.4, 0.5) is 5.69 Å². The lowest BCUT2D eigenvalue weighted by Crippen LogP contribution is -2.46. The summed E-state index contributed by atoms with van der Waals surface area (Å²) in [6.45, 7) is 1.76. The lowest BCUT2D eigenvalue weighted by atomic mass is 10.1. The fourth-order valence-electron chi connectivity index (χ4n) is 3.02. The minimum Gasteiger partial charge on any atom is -0.478 e. The maximum Gasteiger partial charge on any atom is 0.305 e. The van der Waals surface area contributed by atoms with Gasteiger partial charge in [-0.1, -0.05) is 30.3 Å². The molecule has 2 heterocycles. The van der Waals surface area contributed by atoms with Crippen molar-refractivity contribution >= 4 is 34.4 Å². The first-order chi connectivity index (χ1) is 13.5. The van der Waals surface area contributed by atoms with Crippen LogP contribution in [-0.4, -0.2) is 23.8 Å². The number of benzene rings is 2. The highest BCUT2D eigenvalue weighted by Gasteiger charge is 2.29. The molecule has 0 spiro atoms. The van der Waals surface area contributed by atoms with E-state index in [4.69, 9.17) is 9.15 Å². The Labute approximate surface area is 159 Å². The number of rotatable bonds is 3. The molecule has 0 aliphatic carbocycles. The minimum absolute atomic E-state index is 0.113. The fourth-order valence-corrected chi connectivity index (χ4v) is 3.02. The van der Waals surface area contributed by atoms with E-state index in [1.54, 1.807) is 37.3 Å². The molecule has 0 unspecified atom stereocenters. The largest absolute Gasteiger partial charge is 0.478 e. The van der Waals surface area contributed by atoms with Gasteiger partial charge in [-0.05, 0) is 25.1 Å². The molecule has 2 aromatic carbocycles. The van der Waals surface area contributed by atoms with Gasteiger partial charge in [0.25, 0.3) is 5.91 Å². The lowest BCUT2D eigenvalue weighted by molar-refractivity contribution is -0.130. The van der Waals surface area contributed by atoms with Gasteiger partial charge in [0, 0.05) is 10.9 Å². The molecule has 3 N–H and O–H groups in total. The third kappa shape index (κ3) is 3.27. The van der Waals surface area contributed by atoms with E-state index >= 15 is 0 Å². The van der Waals surface area contributed by atoms with Gasteiger partial charge in [-0.3, -0.25) is 25.2 Å². The van der Waals surface area contributed by atoms with Crippen LogP contribution in [0.2, 0.25) is 0 Å². The maximum atomic E-state index is 12.3. The molecule has 142 valence electrons. The molecule has 0 saturated heterocycles. The molecule has 3 aromatic rings. The smallest absolute Gasteiger partial charge is 0.305 e. The number of carbonyl (C=O) groups is 3. The molecule has 1 aliphatic rings. The molecular formula is C20H17N3O5. The van der Waals surface area contributed by atoms with Crippen LogP contribution in [-0.2, 0) is 9.59 Å². The first-order valence-corrected chi connectivity index (χ1v) is 8.67. The molecule has 0 saturated carbocycles. The third-order valence-corrected chi connectivity index (χ3v) is 4.44. The molecule has 1 aromatic heterocycles. The second-order valence-corrected chi connectivity index (χ2v) is 6.35. The number of hydrazine groups is 1. The summed E-state index contributed by atoms with van der Waals surface area (Å²) in [4.78, 5) is 36.6. The number of furan rings is 1. The summed E-state index contributed by atoms with van der Waals surface area (Å²) in [7, 11) is 0. The Morgan fingerprint density at radius 1 is 1.07 bits per heavy atom. The van der Waals surface area contributed by atoms with Crippen LogP contribution in [0.15, 0.2) is 52.9 Å². The summed E-state index contributed by atoms with van der Waals surface area (Å²) >= 11 is 0. The third-order valence-electron chi connectivity index (χ3n) is 4.44. The second kappa shape index (κ2) is 7.07. The van der Waals surface area contributed by atoms with Crippen molar-refractivity contribution < 1.29 is 23.5 Å². The Bertz CT molecular complexity index is 1090. The predicted octanol–water partition coefficient (Wildman–Crippen LogP) is 2.29. The molecule has 4 rings (SSSR count). The zero-order valence-electron chi connectivity index (χ0n) is 14.9. The van der Waals surface area contributed by atoms with Crippen molar-refractivity contribution in [2.45, 2.75) is 19.4 Å². The highest BCUT2D eigenvalue weighted by molar-refractivity contribution is 6.01. The van der Waals surface area contributed by atoms with Gasteiger partial charge in [0.05, 0.1) is 12.1 Å². The van der Waals surface area contributed by atoms with Crippen molar-refractivity contribution in [2.24, 2.45) is 0 Å². The Balaban J connectivity index is 1.37. The number of hydrogen-bond acceptors (Lipinski definition) is 5. The number of anilines is 1. The van der Waals surface area contributed by atoms with Crippen LogP contribution >= 0.6 is 0 Å². The molecule has 8 heteroatoms. The average molecular weight is 379 g/mol. The number of nitrogens with one attached hydrogen (secondary N) is 3. The van der Waals surface area contributed by atoms with E-state index in [9.17, 15) is 14.4 Å². The highest BCUT2D eigenvalue weighted by Crippen LogP contribution is 2.29. The molecule has 0 fully saturated rings. The summed E-state index contributed by atoms with van der Waals surface area (Å²) < 4.78 is 11.1. The van der Waals surface area contributed by atoms with Gasteiger partial charge in [0.15, 0.2) is 11.9 Å². The number of carbonyl (C=O) groups excluding carboxylic acids is 3. The van der Waals surface area contributed by atoms with Crippen LogP contribution in [0.5, 0.6) is 5.75 Å². The molecule has 28 heavy (non-hydrogen) atoms. The van der Waals surface area contributed by atoms with Gasteiger partial charge < -0.3 is 14.5 Å². The van der Waals surface area contributed by atoms with Crippen molar-refractivity contribution in [1.29, 1.82) is 0 Å². The average Bonchev–Trinajstić information content (AvgIpc) is 3.04. The SMILES string of the molecule is Cc1c(C(=O)NNC(=O)C[C@H]2Oc3ccccc3NC2=O)oc2ccccc12. The van der Waals surface area contributed by atoms with Crippen LogP contribution in [0.3, 0.4) is 0 Å². The van der Waals surface area contributed by atoms with Crippen molar-refractivity contribution in [2.75, 3.05) is 5.32 Å². The number of aryl methyl sites for hydroxylation is 1. The molecule has 1 atom stereocenters. The van der Waals surface area contributed by atoms with Crippen LogP contribution in [0, 0.1) is 6.92 Å². The van der Waals surface area contributed by atoms with Gasteiger partial charge in [-0.25, -0.2) is 0 Å². The fraction of sp³-hybridized carbons (Fsp3) is 0.150. The van der Waals surface area contributed by atoms with E-state index in [1.807, 2.05) is 18.2 Å². The van der Waals surface area contributed by atoms with Gasteiger partial charge in [-0.2, -0.15) is 0 Å². The number of hydrogen-bond donors (Lipinski definition) is 3. The summed E-state index contributed by atoms with van der Waals surface area (Å²) in [6.07, 6.45) is -1.24. The van der Waals surface area contributed by atoms with Crippen molar-refractivity contribution in [3.05, 3.63) is 59.9 Å². The van der Waals surface area contributed by atoms with Crippen LogP contribution in [0.25, 0.3) is 11.0 Å². The maximum absolute atomic E-state index is 12.3. The zero-order valence-corrected chi connectivity index (χ0v) is 14.9. The first-order valence-electron chi connectivity index (χ1n) is 8.67. The molecule has 8 nitrogen and oxygen atoms in total. The van der Waals surface area contributed by atoms with Crippen molar-refractivity contribution in [1.82, 2.24) is 10.9 Å². The summed E-state index contributed by atoms with van der Waals surface area (Å²) in [6, 6.07) is 14.2. The quantitative estimate of drug-likeness (QED) is 0.605. The van der Waals surface area contributed by atoms with Crippen LogP contribution < -0.4 is 20.9 Å². The van der Waals surface area contributed by atoms with E-state index in [0.717, 1.165) is 5.39 Å². The Morgan fingerprint density at radius 3 is 2.64 bits per heavy atom. The van der Waals surface area contributed by atoms with Gasteiger partial charge in [-0.15, -0.1) is 0 Å². The molecular weight excluding hydrogens is 362 g/mol. The van der Waals surface area contributed by atoms with Crippen molar-refractivity contribution in [3.8, 4) is 5.75 Å². The van der Waals surface area contributed by atoms with E-state index < -0.39 is 23.8 Å². The predicted molar refractivity (Wildman–Crippen MR) is 101 cm³/mol. The topological polar surface area (TPSA) is 110 Å². The zero-order chi connectivity index (χ0) is 19.7. The normalized spacial score (nSPS) is 15.3. The summed E-state index contributed by atoms with van der Waals surface area (Å²) in [5.41, 5.74) is 6.40. The van der Waals surface area contributed by atoms with Gasteiger partial charge in [0.1, 0.15) is 11.3 Å². The Hall–Kier alpha value is -3.81. The van der Waals surface area contributed by atoms with Gasteiger partial charge in [0.2, 0.25) is 5.91 Å². The number of fused-ring (bicyclic) bond motifs is 2. The summed E-state index contributed by atoms with van der Waals surface area (Å²) in [5, 5.41) is 3.51. The van der Waals surface area contributed by atoms with E-state index in [1.165, 1.54) is 0 Å². The van der Waals surface area contributed by atoms with E-state index in [-0.39, 0.29) is 12.2 Å². The number of ether oxygens (including phenoxy) is 1. The number of amides is 3. The molecule has 1 aliphatic heterocycles. The number of para-hydroxylation sites is 3. The molecule has 0 radical (unpaired) electrons. The summed E-state index contributed by atoms with van der Waals surface area (Å²) in [5.74, 6) is -0.972. The Morgan fingerprint density at radius 2 is 1.82 bits per heavy atom. The highest BCUT2D eigenvalue weighted by atomic mass is 16.5. The van der Waals surface area contributed by atoms with Crippen LogP contribution in [0.1, 0.15) is 22.5 Å². The molecule has 0 bridgehead atoms. The minimum atomic E-state index is -0.986. The van der Waals surface area contributed by atoms with Gasteiger partial charge >= 0.3 is 5.91 Å². The lowest BCUT2D eigenvalue weighted by Gasteiger charge is -2.25. The standard InChI is InChI=1S/C20H17N3O5/c1-11-12-6-2-4-8-14(12)28-18(11)20(26)23-22-17(24)10-16-19(25)21-13-7-3-5-9-15(13)27-16/h2-9,16H,10H2,1H3,(H,21,25)(H,22,24)(H,23,26)/t16-/m1/s1. The van der Waals surface area contributed by atoms with E-state index in [0.29, 0.717) is 22.6 Å². The Kier molecular flexibility index (Phi) is 4.44.